The fourth-order valence-corrected chi connectivity index (χ4v) is 1.89. The molecule has 1 N–H and O–H groups in total. The van der Waals surface area contributed by atoms with Crippen LogP contribution in [0.4, 0.5) is 5.82 Å². The lowest BCUT2D eigenvalue weighted by Gasteiger charge is -2.18. The molecule has 3 heteroatoms. The summed E-state index contributed by atoms with van der Waals surface area (Å²) in [7, 11) is 0. The average Bonchev–Trinajstić information content (AvgIpc) is 2.38. The fourth-order valence-electron chi connectivity index (χ4n) is 1.89. The van der Waals surface area contributed by atoms with Gasteiger partial charge in [-0.15, -0.1) is 0 Å². The number of rotatable bonds is 3. The van der Waals surface area contributed by atoms with Crippen molar-refractivity contribution in [2.45, 2.75) is 19.3 Å². The predicted octanol–water partition coefficient (Wildman–Crippen LogP) is 2.72. The lowest BCUT2D eigenvalue weighted by atomic mass is 9.94. The molecule has 1 aromatic rings. The maximum Gasteiger partial charge on any atom is 0.127 e. The van der Waals surface area contributed by atoms with Crippen molar-refractivity contribution in [3.05, 3.63) is 36.0 Å². The monoisotopic (exact) mass is 213 g/mol. The van der Waals surface area contributed by atoms with E-state index in [0.29, 0.717) is 11.5 Å². The van der Waals surface area contributed by atoms with Crippen molar-refractivity contribution in [1.82, 2.24) is 4.98 Å². The number of hydrogen-bond donors (Lipinski definition) is 1. The molecule has 0 aliphatic heterocycles. The molecule has 1 heterocycles. The Morgan fingerprint density at radius 1 is 1.50 bits per heavy atom. The molecule has 0 saturated carbocycles. The molecule has 0 amide bonds. The molecule has 1 aliphatic rings. The van der Waals surface area contributed by atoms with Gasteiger partial charge in [0.05, 0.1) is 11.6 Å². The summed E-state index contributed by atoms with van der Waals surface area (Å²) in [4.78, 5) is 4.19. The fraction of sp³-hybridized carbons (Fsp3) is 0.385. The van der Waals surface area contributed by atoms with Crippen LogP contribution < -0.4 is 5.32 Å². The first kappa shape index (κ1) is 10.7. The highest BCUT2D eigenvalue weighted by atomic mass is 15.0. The van der Waals surface area contributed by atoms with Crippen molar-refractivity contribution in [3.63, 3.8) is 0 Å². The summed E-state index contributed by atoms with van der Waals surface area (Å²) < 4.78 is 0. The van der Waals surface area contributed by atoms with Gasteiger partial charge in [-0.1, -0.05) is 12.2 Å². The minimum atomic E-state index is 0.654. The molecule has 1 unspecified atom stereocenters. The summed E-state index contributed by atoms with van der Waals surface area (Å²) in [5, 5.41) is 12.1. The second kappa shape index (κ2) is 5.32. The third-order valence-corrected chi connectivity index (χ3v) is 2.84. The standard InChI is InChI=1S/C13H15N3/c14-9-12-6-7-15-13(8-12)16-10-11-4-2-1-3-5-11/h1-2,6-8,11H,3-5,10H2,(H,15,16). The van der Waals surface area contributed by atoms with Crippen LogP contribution in [-0.4, -0.2) is 11.5 Å². The van der Waals surface area contributed by atoms with Crippen LogP contribution >= 0.6 is 0 Å². The molecule has 16 heavy (non-hydrogen) atoms. The Bertz CT molecular complexity index is 417. The second-order valence-corrected chi connectivity index (χ2v) is 4.07. The van der Waals surface area contributed by atoms with E-state index in [1.807, 2.05) is 0 Å². The van der Waals surface area contributed by atoms with E-state index in [-0.39, 0.29) is 0 Å². The summed E-state index contributed by atoms with van der Waals surface area (Å²) in [6.07, 6.45) is 9.71. The molecule has 0 spiro atoms. The zero-order valence-corrected chi connectivity index (χ0v) is 9.19. The molecule has 0 bridgehead atoms. The Hall–Kier alpha value is -1.82. The number of nitrogens with one attached hydrogen (secondary N) is 1. The predicted molar refractivity (Wildman–Crippen MR) is 63.9 cm³/mol. The molecule has 1 aromatic heterocycles. The van der Waals surface area contributed by atoms with Crippen LogP contribution in [-0.2, 0) is 0 Å². The van der Waals surface area contributed by atoms with Crippen molar-refractivity contribution in [2.24, 2.45) is 5.92 Å². The summed E-state index contributed by atoms with van der Waals surface area (Å²) in [6, 6.07) is 5.62. The molecule has 1 atom stereocenters. The van der Waals surface area contributed by atoms with Gasteiger partial charge in [0.1, 0.15) is 5.82 Å². The Kier molecular flexibility index (Phi) is 3.55. The number of allylic oxidation sites excluding steroid dienone is 2. The van der Waals surface area contributed by atoms with E-state index < -0.39 is 0 Å². The Labute approximate surface area is 95.8 Å². The lowest BCUT2D eigenvalue weighted by Crippen LogP contribution is -2.15. The van der Waals surface area contributed by atoms with Gasteiger partial charge in [-0.2, -0.15) is 5.26 Å². The van der Waals surface area contributed by atoms with Gasteiger partial charge in [0, 0.05) is 12.7 Å². The molecule has 82 valence electrons. The van der Waals surface area contributed by atoms with Crippen LogP contribution in [0.2, 0.25) is 0 Å². The van der Waals surface area contributed by atoms with E-state index in [0.717, 1.165) is 18.8 Å². The highest BCUT2D eigenvalue weighted by molar-refractivity contribution is 5.42. The molecular formula is C13H15N3. The molecule has 1 aliphatic carbocycles. The minimum Gasteiger partial charge on any atom is -0.370 e. The van der Waals surface area contributed by atoms with Crippen molar-refractivity contribution in [1.29, 1.82) is 5.26 Å². The summed E-state index contributed by atoms with van der Waals surface area (Å²) in [5.74, 6) is 1.49. The second-order valence-electron chi connectivity index (χ2n) is 4.07. The van der Waals surface area contributed by atoms with E-state index in [4.69, 9.17) is 5.26 Å². The van der Waals surface area contributed by atoms with Crippen LogP contribution in [0, 0.1) is 17.2 Å². The minimum absolute atomic E-state index is 0.654. The van der Waals surface area contributed by atoms with Crippen LogP contribution in [0.1, 0.15) is 24.8 Å². The van der Waals surface area contributed by atoms with Crippen LogP contribution in [0.25, 0.3) is 0 Å². The number of hydrogen-bond acceptors (Lipinski definition) is 3. The Morgan fingerprint density at radius 3 is 3.19 bits per heavy atom. The molecule has 0 saturated heterocycles. The zero-order chi connectivity index (χ0) is 11.2. The molecule has 0 fully saturated rings. The third kappa shape index (κ3) is 2.83. The molecule has 0 radical (unpaired) electrons. The number of aromatic nitrogens is 1. The van der Waals surface area contributed by atoms with Crippen LogP contribution in [0.3, 0.4) is 0 Å². The van der Waals surface area contributed by atoms with Gasteiger partial charge in [0.25, 0.3) is 0 Å². The van der Waals surface area contributed by atoms with Gasteiger partial charge in [-0.05, 0) is 37.3 Å². The SMILES string of the molecule is N#Cc1ccnc(NCC2CC=CCC2)c1. The first-order chi connectivity index (χ1) is 7.88. The van der Waals surface area contributed by atoms with E-state index in [1.165, 1.54) is 12.8 Å². The van der Waals surface area contributed by atoms with E-state index in [1.54, 1.807) is 18.3 Å². The van der Waals surface area contributed by atoms with Gasteiger partial charge in [-0.3, -0.25) is 0 Å². The highest BCUT2D eigenvalue weighted by Crippen LogP contribution is 2.18. The number of pyridine rings is 1. The number of nitrogens with zero attached hydrogens (tertiary/aromatic N) is 2. The number of nitriles is 1. The average molecular weight is 213 g/mol. The smallest absolute Gasteiger partial charge is 0.127 e. The Morgan fingerprint density at radius 2 is 2.44 bits per heavy atom. The largest absolute Gasteiger partial charge is 0.370 e. The Balaban J connectivity index is 1.89. The van der Waals surface area contributed by atoms with Crippen molar-refractivity contribution < 1.29 is 0 Å². The first-order valence-corrected chi connectivity index (χ1v) is 5.63. The normalized spacial score (nSPS) is 19.1. The third-order valence-electron chi connectivity index (χ3n) is 2.84. The van der Waals surface area contributed by atoms with Crippen LogP contribution in [0.15, 0.2) is 30.5 Å². The van der Waals surface area contributed by atoms with E-state index in [2.05, 4.69) is 28.5 Å². The molecular weight excluding hydrogens is 198 g/mol. The molecule has 3 nitrogen and oxygen atoms in total. The van der Waals surface area contributed by atoms with E-state index in [9.17, 15) is 0 Å². The zero-order valence-electron chi connectivity index (χ0n) is 9.19. The highest BCUT2D eigenvalue weighted by Gasteiger charge is 2.09. The number of anilines is 1. The maximum absolute atomic E-state index is 8.76. The molecule has 0 aromatic carbocycles. The topological polar surface area (TPSA) is 48.7 Å². The van der Waals surface area contributed by atoms with Crippen molar-refractivity contribution in [2.75, 3.05) is 11.9 Å². The van der Waals surface area contributed by atoms with Gasteiger partial charge < -0.3 is 5.32 Å². The van der Waals surface area contributed by atoms with Crippen molar-refractivity contribution in [3.8, 4) is 6.07 Å². The quantitative estimate of drug-likeness (QED) is 0.785. The van der Waals surface area contributed by atoms with Gasteiger partial charge >= 0.3 is 0 Å². The van der Waals surface area contributed by atoms with Crippen molar-refractivity contribution >= 4 is 5.82 Å². The molecule has 2 rings (SSSR count). The summed E-state index contributed by atoms with van der Waals surface area (Å²) in [6.45, 7) is 0.937. The first-order valence-electron chi connectivity index (χ1n) is 5.63. The van der Waals surface area contributed by atoms with Gasteiger partial charge in [-0.25, -0.2) is 4.98 Å². The summed E-state index contributed by atoms with van der Waals surface area (Å²) in [5.41, 5.74) is 0.654. The van der Waals surface area contributed by atoms with Gasteiger partial charge in [0.2, 0.25) is 0 Å². The van der Waals surface area contributed by atoms with Crippen LogP contribution in [0.5, 0.6) is 0 Å². The lowest BCUT2D eigenvalue weighted by molar-refractivity contribution is 0.503. The van der Waals surface area contributed by atoms with Gasteiger partial charge in [0.15, 0.2) is 0 Å². The summed E-state index contributed by atoms with van der Waals surface area (Å²) >= 11 is 0. The van der Waals surface area contributed by atoms with E-state index >= 15 is 0 Å². The maximum atomic E-state index is 8.76.